The molecule has 4 heteroatoms. The number of para-hydroxylation sites is 1. The molecule has 1 aromatic heterocycles. The maximum atomic E-state index is 10.2. The van der Waals surface area contributed by atoms with Gasteiger partial charge in [-0.3, -0.25) is 0 Å². The summed E-state index contributed by atoms with van der Waals surface area (Å²) in [6, 6.07) is 18.0. The fraction of sp³-hybridized carbons (Fsp3) is 0.211. The fourth-order valence-electron chi connectivity index (χ4n) is 2.51. The molecule has 0 saturated carbocycles. The third kappa shape index (κ3) is 3.79. The minimum absolute atomic E-state index is 0.238. The number of aromatic nitrogens is 2. The van der Waals surface area contributed by atoms with Crippen LogP contribution >= 0.6 is 0 Å². The zero-order valence-electron chi connectivity index (χ0n) is 13.1. The molecule has 0 bridgehead atoms. The highest BCUT2D eigenvalue weighted by atomic mass is 16.5. The Balaban J connectivity index is 1.68. The summed E-state index contributed by atoms with van der Waals surface area (Å²) in [5.74, 6) is 1.66. The molecule has 0 amide bonds. The standard InChI is InChI=1S/C19H20N2O2/c1-15-20-11-12-21(15)13-17(22)14-23-19-10-6-5-9-18(19)16-7-3-2-4-8-16/h2-12,17,22H,13-14H2,1H3. The highest BCUT2D eigenvalue weighted by molar-refractivity contribution is 5.70. The van der Waals surface area contributed by atoms with Crippen molar-refractivity contribution in [3.8, 4) is 16.9 Å². The molecule has 1 unspecified atom stereocenters. The van der Waals surface area contributed by atoms with E-state index in [1.165, 1.54) is 0 Å². The van der Waals surface area contributed by atoms with Crippen LogP contribution in [0.4, 0.5) is 0 Å². The molecule has 0 fully saturated rings. The molecule has 0 saturated heterocycles. The van der Waals surface area contributed by atoms with Crippen LogP contribution in [0.2, 0.25) is 0 Å². The normalized spacial score (nSPS) is 12.1. The van der Waals surface area contributed by atoms with Crippen molar-refractivity contribution >= 4 is 0 Å². The minimum Gasteiger partial charge on any atom is -0.490 e. The number of ether oxygens (including phenoxy) is 1. The molecule has 3 aromatic rings. The Labute approximate surface area is 136 Å². The molecule has 1 N–H and O–H groups in total. The van der Waals surface area contributed by atoms with Gasteiger partial charge in [0.15, 0.2) is 0 Å². The summed E-state index contributed by atoms with van der Waals surface area (Å²) in [5, 5.41) is 10.2. The second kappa shape index (κ2) is 7.11. The first kappa shape index (κ1) is 15.3. The van der Waals surface area contributed by atoms with Crippen molar-refractivity contribution in [2.75, 3.05) is 6.61 Å². The van der Waals surface area contributed by atoms with Crippen LogP contribution in [0.5, 0.6) is 5.75 Å². The van der Waals surface area contributed by atoms with Crippen molar-refractivity contribution in [3.63, 3.8) is 0 Å². The van der Waals surface area contributed by atoms with Crippen LogP contribution in [-0.4, -0.2) is 27.4 Å². The number of nitrogens with zero attached hydrogens (tertiary/aromatic N) is 2. The molecule has 1 heterocycles. The number of rotatable bonds is 6. The minimum atomic E-state index is -0.591. The van der Waals surface area contributed by atoms with Gasteiger partial charge >= 0.3 is 0 Å². The first-order valence-electron chi connectivity index (χ1n) is 7.67. The van der Waals surface area contributed by atoms with Gasteiger partial charge in [-0.05, 0) is 18.6 Å². The van der Waals surface area contributed by atoms with Gasteiger partial charge in [-0.1, -0.05) is 48.5 Å². The number of hydrogen-bond donors (Lipinski definition) is 1. The third-order valence-electron chi connectivity index (χ3n) is 3.73. The second-order valence-corrected chi connectivity index (χ2v) is 5.45. The van der Waals surface area contributed by atoms with E-state index in [-0.39, 0.29) is 6.61 Å². The molecule has 0 aliphatic heterocycles. The molecule has 23 heavy (non-hydrogen) atoms. The molecule has 4 nitrogen and oxygen atoms in total. The van der Waals surface area contributed by atoms with Crippen molar-refractivity contribution in [1.29, 1.82) is 0 Å². The molecule has 0 radical (unpaired) electrons. The zero-order chi connectivity index (χ0) is 16.1. The van der Waals surface area contributed by atoms with E-state index in [4.69, 9.17) is 4.74 Å². The maximum Gasteiger partial charge on any atom is 0.127 e. The van der Waals surface area contributed by atoms with E-state index in [0.29, 0.717) is 6.54 Å². The quantitative estimate of drug-likeness (QED) is 0.760. The average Bonchev–Trinajstić information content (AvgIpc) is 2.99. The van der Waals surface area contributed by atoms with Gasteiger partial charge < -0.3 is 14.4 Å². The van der Waals surface area contributed by atoms with Crippen LogP contribution in [0.1, 0.15) is 5.82 Å². The first-order valence-corrected chi connectivity index (χ1v) is 7.67. The molecule has 0 aliphatic rings. The Morgan fingerprint density at radius 2 is 1.83 bits per heavy atom. The third-order valence-corrected chi connectivity index (χ3v) is 3.73. The van der Waals surface area contributed by atoms with Gasteiger partial charge in [0.25, 0.3) is 0 Å². The molecule has 3 rings (SSSR count). The molecule has 118 valence electrons. The molecule has 0 aliphatic carbocycles. The van der Waals surface area contributed by atoms with Crippen LogP contribution in [0.25, 0.3) is 11.1 Å². The van der Waals surface area contributed by atoms with Gasteiger partial charge in [0.05, 0.1) is 6.54 Å². The predicted octanol–water partition coefficient (Wildman–Crippen LogP) is 3.30. The lowest BCUT2D eigenvalue weighted by Crippen LogP contribution is -2.24. The van der Waals surface area contributed by atoms with Crippen LogP contribution in [0, 0.1) is 6.92 Å². The largest absolute Gasteiger partial charge is 0.490 e. The van der Waals surface area contributed by atoms with Crippen molar-refractivity contribution in [3.05, 3.63) is 72.8 Å². The summed E-state index contributed by atoms with van der Waals surface area (Å²) in [6.45, 7) is 2.62. The molecule has 2 aromatic carbocycles. The van der Waals surface area contributed by atoms with Crippen LogP contribution in [0.3, 0.4) is 0 Å². The Morgan fingerprint density at radius 3 is 2.57 bits per heavy atom. The number of hydrogen-bond acceptors (Lipinski definition) is 3. The van der Waals surface area contributed by atoms with Crippen molar-refractivity contribution in [1.82, 2.24) is 9.55 Å². The summed E-state index contributed by atoms with van der Waals surface area (Å²) in [5.41, 5.74) is 2.13. The van der Waals surface area contributed by atoms with Crippen LogP contribution in [0.15, 0.2) is 67.0 Å². The van der Waals surface area contributed by atoms with E-state index >= 15 is 0 Å². The van der Waals surface area contributed by atoms with E-state index in [1.807, 2.05) is 72.3 Å². The van der Waals surface area contributed by atoms with Crippen LogP contribution in [-0.2, 0) is 6.54 Å². The molecule has 0 spiro atoms. The van der Waals surface area contributed by atoms with Crippen molar-refractivity contribution < 1.29 is 9.84 Å². The Bertz CT molecular complexity index is 753. The summed E-state index contributed by atoms with van der Waals surface area (Å²) >= 11 is 0. The lowest BCUT2D eigenvalue weighted by atomic mass is 10.1. The first-order chi connectivity index (χ1) is 11.2. The monoisotopic (exact) mass is 308 g/mol. The maximum absolute atomic E-state index is 10.2. The van der Waals surface area contributed by atoms with Crippen molar-refractivity contribution in [2.45, 2.75) is 19.6 Å². The smallest absolute Gasteiger partial charge is 0.127 e. The fourth-order valence-corrected chi connectivity index (χ4v) is 2.51. The Hall–Kier alpha value is -2.59. The second-order valence-electron chi connectivity index (χ2n) is 5.45. The van der Waals surface area contributed by atoms with Crippen LogP contribution < -0.4 is 4.74 Å². The molecular weight excluding hydrogens is 288 g/mol. The number of aliphatic hydroxyl groups is 1. The van der Waals surface area contributed by atoms with Gasteiger partial charge in [-0.2, -0.15) is 0 Å². The van der Waals surface area contributed by atoms with Gasteiger partial charge in [-0.25, -0.2) is 4.98 Å². The van der Waals surface area contributed by atoms with Gasteiger partial charge in [0, 0.05) is 18.0 Å². The molecule has 1 atom stereocenters. The summed E-state index contributed by atoms with van der Waals surface area (Å²) in [6.07, 6.45) is 3.00. The number of benzene rings is 2. The topological polar surface area (TPSA) is 47.3 Å². The number of aryl methyl sites for hydroxylation is 1. The van der Waals surface area contributed by atoms with Crippen molar-refractivity contribution in [2.24, 2.45) is 0 Å². The van der Waals surface area contributed by atoms with Gasteiger partial charge in [0.2, 0.25) is 0 Å². The SMILES string of the molecule is Cc1nccn1CC(O)COc1ccccc1-c1ccccc1. The zero-order valence-corrected chi connectivity index (χ0v) is 13.1. The lowest BCUT2D eigenvalue weighted by molar-refractivity contribution is 0.0922. The summed E-state index contributed by atoms with van der Waals surface area (Å²) in [7, 11) is 0. The number of aliphatic hydroxyl groups excluding tert-OH is 1. The van der Waals surface area contributed by atoms with E-state index < -0.39 is 6.10 Å². The summed E-state index contributed by atoms with van der Waals surface area (Å²) < 4.78 is 7.77. The highest BCUT2D eigenvalue weighted by Crippen LogP contribution is 2.29. The van der Waals surface area contributed by atoms with Gasteiger partial charge in [-0.15, -0.1) is 0 Å². The Kier molecular flexibility index (Phi) is 4.74. The van der Waals surface area contributed by atoms with E-state index in [1.54, 1.807) is 6.20 Å². The summed E-state index contributed by atoms with van der Waals surface area (Å²) in [4.78, 5) is 4.15. The lowest BCUT2D eigenvalue weighted by Gasteiger charge is -2.16. The highest BCUT2D eigenvalue weighted by Gasteiger charge is 2.10. The van der Waals surface area contributed by atoms with E-state index in [0.717, 1.165) is 22.7 Å². The molecular formula is C19H20N2O2. The predicted molar refractivity (Wildman–Crippen MR) is 90.3 cm³/mol. The van der Waals surface area contributed by atoms with E-state index in [9.17, 15) is 5.11 Å². The number of imidazole rings is 1. The van der Waals surface area contributed by atoms with E-state index in [2.05, 4.69) is 4.98 Å². The van der Waals surface area contributed by atoms with Gasteiger partial charge in [0.1, 0.15) is 24.3 Å². The average molecular weight is 308 g/mol. The Morgan fingerprint density at radius 1 is 1.09 bits per heavy atom.